The lowest BCUT2D eigenvalue weighted by Crippen LogP contribution is -2.73. The van der Waals surface area contributed by atoms with Gasteiger partial charge in [-0.25, -0.2) is 0 Å². The molecule has 0 aromatic carbocycles. The van der Waals surface area contributed by atoms with Crippen LogP contribution in [0.25, 0.3) is 0 Å². The highest BCUT2D eigenvalue weighted by atomic mass is 28.5. The summed E-state index contributed by atoms with van der Waals surface area (Å²) in [5.41, 5.74) is 0. The zero-order valence-electron chi connectivity index (χ0n) is 19.1. The summed E-state index contributed by atoms with van der Waals surface area (Å²) in [6.07, 6.45) is 0.0285. The van der Waals surface area contributed by atoms with E-state index in [-0.39, 0.29) is 46.1 Å². The number of carbonyl (C=O) groups is 2. The second-order valence-corrected chi connectivity index (χ2v) is 12.4. The van der Waals surface area contributed by atoms with E-state index >= 15 is 0 Å². The van der Waals surface area contributed by atoms with Crippen molar-refractivity contribution in [1.29, 1.82) is 0 Å². The minimum atomic E-state index is -3.88. The highest BCUT2D eigenvalue weighted by Crippen LogP contribution is 2.50. The molecule has 0 aliphatic carbocycles. The number of hydrogen-bond donors (Lipinski definition) is 0. The maximum absolute atomic E-state index is 13.5. The van der Waals surface area contributed by atoms with Crippen molar-refractivity contribution >= 4 is 29.5 Å². The maximum atomic E-state index is 13.5. The van der Waals surface area contributed by atoms with Crippen molar-refractivity contribution in [2.45, 2.75) is 66.5 Å². The third kappa shape index (κ3) is 6.17. The van der Waals surface area contributed by atoms with Gasteiger partial charge in [-0.1, -0.05) is 6.92 Å². The third-order valence-electron chi connectivity index (χ3n) is 4.13. The van der Waals surface area contributed by atoms with E-state index in [1.165, 1.54) is 0 Å². The molecule has 0 amide bonds. The van der Waals surface area contributed by atoms with Crippen molar-refractivity contribution in [1.82, 2.24) is 0 Å². The fourth-order valence-electron chi connectivity index (χ4n) is 2.97. The predicted octanol–water partition coefficient (Wildman–Crippen LogP) is 2.86. The first kappa shape index (κ1) is 28.3. The molecule has 0 aliphatic heterocycles. The van der Waals surface area contributed by atoms with Gasteiger partial charge in [-0.3, -0.25) is 9.59 Å². The zero-order chi connectivity index (χ0) is 22.6. The summed E-state index contributed by atoms with van der Waals surface area (Å²) in [5.74, 6) is -1.56. The molecule has 0 heterocycles. The largest absolute Gasteiger partial charge is 0.523 e. The highest BCUT2D eigenvalue weighted by molar-refractivity contribution is 6.90. The molecule has 0 aliphatic rings. The van der Waals surface area contributed by atoms with Crippen molar-refractivity contribution in [3.63, 3.8) is 0 Å². The Hall–Kier alpha value is -0.666. The van der Waals surface area contributed by atoms with Crippen LogP contribution in [0.5, 0.6) is 0 Å². The Kier molecular flexibility index (Phi) is 13.3. The van der Waals surface area contributed by atoms with Gasteiger partial charge in [0, 0.05) is 46.1 Å². The lowest BCUT2D eigenvalue weighted by Gasteiger charge is -2.47. The SMILES string of the molecule is CCO[Si](OCC)(OCC)C(C)(C(=O)OC(=O)CC)[Si](OCC)(OCC)OCC. The van der Waals surface area contributed by atoms with Crippen LogP contribution in [0.2, 0.25) is 4.66 Å². The molecule has 0 aromatic heterocycles. The third-order valence-corrected chi connectivity index (χ3v) is 12.8. The van der Waals surface area contributed by atoms with E-state index in [1.807, 2.05) is 0 Å². The number of ether oxygens (including phenoxy) is 1. The van der Waals surface area contributed by atoms with Crippen LogP contribution >= 0.6 is 0 Å². The van der Waals surface area contributed by atoms with E-state index in [0.29, 0.717) is 0 Å². The van der Waals surface area contributed by atoms with E-state index in [2.05, 4.69) is 0 Å². The van der Waals surface area contributed by atoms with Crippen LogP contribution in [-0.4, -0.2) is 69.2 Å². The lowest BCUT2D eigenvalue weighted by molar-refractivity contribution is -0.162. The van der Waals surface area contributed by atoms with Crippen LogP contribution in [0.3, 0.4) is 0 Å². The van der Waals surface area contributed by atoms with Gasteiger partial charge < -0.3 is 31.3 Å². The molecule has 9 nitrogen and oxygen atoms in total. The van der Waals surface area contributed by atoms with E-state index in [4.69, 9.17) is 31.3 Å². The van der Waals surface area contributed by atoms with E-state index in [9.17, 15) is 9.59 Å². The molecule has 0 radical (unpaired) electrons. The Morgan fingerprint density at radius 3 is 1.10 bits per heavy atom. The van der Waals surface area contributed by atoms with Gasteiger partial charge in [0.15, 0.2) is 0 Å². The van der Waals surface area contributed by atoms with Crippen LogP contribution < -0.4 is 0 Å². The standard InChI is InChI=1S/C18H38O9Si2/c1-9-16(19)27-17(20)18(8,28(21-10-2,22-11-3)23-12-4)29(24-13-5,25-14-6)26-15-7/h9-15H2,1-8H3. The minimum Gasteiger partial charge on any atom is -0.393 e. The molecule has 0 saturated heterocycles. The van der Waals surface area contributed by atoms with Gasteiger partial charge in [-0.15, -0.1) is 0 Å². The Bertz CT molecular complexity index is 442. The molecule has 0 saturated carbocycles. The first-order valence-electron chi connectivity index (χ1n) is 10.3. The number of hydrogen-bond acceptors (Lipinski definition) is 9. The van der Waals surface area contributed by atoms with Crippen molar-refractivity contribution in [3.05, 3.63) is 0 Å². The predicted molar refractivity (Wildman–Crippen MR) is 111 cm³/mol. The van der Waals surface area contributed by atoms with Crippen LogP contribution in [0.1, 0.15) is 61.8 Å². The van der Waals surface area contributed by atoms with Crippen LogP contribution in [-0.2, 0) is 40.9 Å². The molecule has 29 heavy (non-hydrogen) atoms. The molecule has 0 bridgehead atoms. The first-order valence-corrected chi connectivity index (χ1v) is 13.8. The molecule has 0 aromatic rings. The Labute approximate surface area is 177 Å². The maximum Gasteiger partial charge on any atom is 0.523 e. The fraction of sp³-hybridized carbons (Fsp3) is 0.889. The summed E-state index contributed by atoms with van der Waals surface area (Å²) in [6, 6.07) is 0. The fourth-order valence-corrected chi connectivity index (χ4v) is 10.9. The minimum absolute atomic E-state index is 0.0285. The Balaban J connectivity index is 6.96. The van der Waals surface area contributed by atoms with E-state index in [1.54, 1.807) is 55.4 Å². The van der Waals surface area contributed by atoms with Gasteiger partial charge in [0.25, 0.3) is 0 Å². The van der Waals surface area contributed by atoms with Gasteiger partial charge in [0.05, 0.1) is 0 Å². The molecule has 172 valence electrons. The lowest BCUT2D eigenvalue weighted by atomic mass is 10.4. The molecule has 0 N–H and O–H groups in total. The highest BCUT2D eigenvalue weighted by Gasteiger charge is 2.80. The second-order valence-electron chi connectivity index (χ2n) is 5.95. The van der Waals surface area contributed by atoms with Gasteiger partial charge in [-0.2, -0.15) is 0 Å². The molecule has 0 atom stereocenters. The van der Waals surface area contributed by atoms with E-state index in [0.717, 1.165) is 0 Å². The Morgan fingerprint density at radius 1 is 0.621 bits per heavy atom. The zero-order valence-corrected chi connectivity index (χ0v) is 21.1. The van der Waals surface area contributed by atoms with Crippen LogP contribution in [0, 0.1) is 0 Å². The normalized spacial score (nSPS) is 12.8. The monoisotopic (exact) mass is 454 g/mol. The molecule has 0 rings (SSSR count). The van der Waals surface area contributed by atoms with Crippen LogP contribution in [0.15, 0.2) is 0 Å². The summed E-state index contributed by atoms with van der Waals surface area (Å²) in [7, 11) is -7.76. The number of esters is 2. The van der Waals surface area contributed by atoms with Crippen molar-refractivity contribution < 1.29 is 40.9 Å². The summed E-state index contributed by atoms with van der Waals surface area (Å²) >= 11 is 0. The molecule has 11 heteroatoms. The van der Waals surface area contributed by atoms with Crippen molar-refractivity contribution in [3.8, 4) is 0 Å². The molecule has 0 unspecified atom stereocenters. The quantitative estimate of drug-likeness (QED) is 0.198. The van der Waals surface area contributed by atoms with Gasteiger partial charge in [0.1, 0.15) is 0 Å². The van der Waals surface area contributed by atoms with Gasteiger partial charge in [-0.05, 0) is 48.5 Å². The average molecular weight is 455 g/mol. The van der Waals surface area contributed by atoms with Gasteiger partial charge in [0.2, 0.25) is 4.66 Å². The molecular weight excluding hydrogens is 416 g/mol. The summed E-state index contributed by atoms with van der Waals surface area (Å²) in [6.45, 7) is 15.1. The topological polar surface area (TPSA) is 98.8 Å². The molecular formula is C18H38O9Si2. The summed E-state index contributed by atoms with van der Waals surface area (Å²) in [4.78, 5) is 25.5. The molecule has 0 spiro atoms. The first-order chi connectivity index (χ1) is 13.7. The second kappa shape index (κ2) is 13.6. The van der Waals surface area contributed by atoms with Crippen molar-refractivity contribution in [2.24, 2.45) is 0 Å². The van der Waals surface area contributed by atoms with Gasteiger partial charge >= 0.3 is 29.5 Å². The number of carbonyl (C=O) groups excluding carboxylic acids is 2. The van der Waals surface area contributed by atoms with Crippen LogP contribution in [0.4, 0.5) is 0 Å². The molecule has 0 fully saturated rings. The summed E-state index contributed by atoms with van der Waals surface area (Å²) in [5, 5.41) is 0. The number of rotatable bonds is 16. The average Bonchev–Trinajstić information content (AvgIpc) is 2.68. The van der Waals surface area contributed by atoms with E-state index < -0.39 is 34.2 Å². The Morgan fingerprint density at radius 2 is 0.897 bits per heavy atom. The summed E-state index contributed by atoms with van der Waals surface area (Å²) < 4.78 is 39.7. The van der Waals surface area contributed by atoms with Crippen molar-refractivity contribution in [2.75, 3.05) is 39.6 Å². The smallest absolute Gasteiger partial charge is 0.393 e.